The largest absolute Gasteiger partial charge is 0.352 e. The predicted molar refractivity (Wildman–Crippen MR) is 161 cm³/mol. The molecule has 3 aromatic rings. The fourth-order valence-electron chi connectivity index (χ4n) is 4.83. The molecule has 1 fully saturated rings. The van der Waals surface area contributed by atoms with Crippen LogP contribution in [0, 0.1) is 0 Å². The number of halogens is 2. The topological polar surface area (TPSA) is 49.4 Å². The fourth-order valence-corrected chi connectivity index (χ4v) is 6.29. The Hall–Kier alpha value is -2.28. The highest BCUT2D eigenvalue weighted by molar-refractivity contribution is 9.10. The van der Waals surface area contributed by atoms with Crippen LogP contribution < -0.4 is 5.32 Å². The molecule has 0 spiro atoms. The van der Waals surface area contributed by atoms with E-state index in [9.17, 15) is 9.59 Å². The molecule has 0 heterocycles. The smallest absolute Gasteiger partial charge is 0.243 e. The number of amides is 2. The van der Waals surface area contributed by atoms with Crippen molar-refractivity contribution in [3.63, 3.8) is 0 Å². The van der Waals surface area contributed by atoms with E-state index in [1.807, 2.05) is 78.9 Å². The summed E-state index contributed by atoms with van der Waals surface area (Å²) in [6.07, 6.45) is 5.95. The van der Waals surface area contributed by atoms with E-state index in [1.54, 1.807) is 4.90 Å². The number of rotatable bonds is 11. The molecule has 0 unspecified atom stereocenters. The van der Waals surface area contributed by atoms with Crippen molar-refractivity contribution in [3.05, 3.63) is 105 Å². The van der Waals surface area contributed by atoms with Crippen molar-refractivity contribution in [1.82, 2.24) is 10.2 Å². The molecule has 0 aromatic heterocycles. The van der Waals surface area contributed by atoms with Crippen molar-refractivity contribution in [2.24, 2.45) is 0 Å². The van der Waals surface area contributed by atoms with Gasteiger partial charge in [-0.2, -0.15) is 0 Å². The van der Waals surface area contributed by atoms with E-state index in [1.165, 1.54) is 18.2 Å². The normalized spacial score (nSPS) is 14.6. The minimum absolute atomic E-state index is 0.0512. The first kappa shape index (κ1) is 28.7. The van der Waals surface area contributed by atoms with E-state index in [4.69, 9.17) is 11.6 Å². The molecule has 4 rings (SSSR count). The van der Waals surface area contributed by atoms with E-state index in [2.05, 4.69) is 21.2 Å². The molecule has 200 valence electrons. The van der Waals surface area contributed by atoms with Crippen molar-refractivity contribution in [1.29, 1.82) is 0 Å². The summed E-state index contributed by atoms with van der Waals surface area (Å²) in [4.78, 5) is 29.4. The van der Waals surface area contributed by atoms with Crippen LogP contribution in [0.3, 0.4) is 0 Å². The summed E-state index contributed by atoms with van der Waals surface area (Å²) in [5.41, 5.74) is 3.03. The Morgan fingerprint density at radius 3 is 2.32 bits per heavy atom. The van der Waals surface area contributed by atoms with Crippen molar-refractivity contribution >= 4 is 51.1 Å². The van der Waals surface area contributed by atoms with Gasteiger partial charge in [-0.3, -0.25) is 9.59 Å². The number of carbonyl (C=O) groups is 2. The maximum absolute atomic E-state index is 13.8. The highest BCUT2D eigenvalue weighted by atomic mass is 79.9. The molecule has 0 saturated heterocycles. The molecule has 1 saturated carbocycles. The zero-order chi connectivity index (χ0) is 26.7. The predicted octanol–water partition coefficient (Wildman–Crippen LogP) is 7.42. The molecule has 0 bridgehead atoms. The first-order valence-electron chi connectivity index (χ1n) is 13.2. The van der Waals surface area contributed by atoms with Crippen LogP contribution in [0.5, 0.6) is 0 Å². The number of nitrogens with zero attached hydrogens (tertiary/aromatic N) is 1. The van der Waals surface area contributed by atoms with Gasteiger partial charge in [-0.15, -0.1) is 11.8 Å². The first-order valence-corrected chi connectivity index (χ1v) is 15.5. The lowest BCUT2D eigenvalue weighted by Crippen LogP contribution is -2.53. The Kier molecular flexibility index (Phi) is 11.2. The van der Waals surface area contributed by atoms with Crippen molar-refractivity contribution < 1.29 is 9.59 Å². The van der Waals surface area contributed by atoms with Crippen LogP contribution in [0.4, 0.5) is 0 Å². The molecule has 1 aliphatic carbocycles. The zero-order valence-corrected chi connectivity index (χ0v) is 24.6. The number of hydrogen-bond acceptors (Lipinski definition) is 3. The van der Waals surface area contributed by atoms with Crippen LogP contribution in [-0.4, -0.2) is 34.6 Å². The molecule has 1 N–H and O–H groups in total. The summed E-state index contributed by atoms with van der Waals surface area (Å²) in [7, 11) is 0. The third-order valence-corrected chi connectivity index (χ3v) is 8.79. The molecule has 3 aromatic carbocycles. The molecular formula is C31H34BrClN2O2S. The summed E-state index contributed by atoms with van der Waals surface area (Å²) in [6, 6.07) is 25.2. The maximum Gasteiger partial charge on any atom is 0.243 e. The first-order chi connectivity index (χ1) is 18.5. The highest BCUT2D eigenvalue weighted by Crippen LogP contribution is 2.24. The van der Waals surface area contributed by atoms with Crippen LogP contribution in [0.2, 0.25) is 5.02 Å². The average Bonchev–Trinajstić information content (AvgIpc) is 2.94. The van der Waals surface area contributed by atoms with Gasteiger partial charge >= 0.3 is 0 Å². The van der Waals surface area contributed by atoms with Crippen LogP contribution in [-0.2, 0) is 28.3 Å². The second kappa shape index (κ2) is 14.8. The van der Waals surface area contributed by atoms with Gasteiger partial charge < -0.3 is 10.2 Å². The van der Waals surface area contributed by atoms with Gasteiger partial charge in [-0.05, 0) is 47.7 Å². The summed E-state index contributed by atoms with van der Waals surface area (Å²) in [5, 5.41) is 4.00. The van der Waals surface area contributed by atoms with Crippen LogP contribution >= 0.6 is 39.3 Å². The Bertz CT molecular complexity index is 1190. The van der Waals surface area contributed by atoms with E-state index in [0.717, 1.165) is 46.8 Å². The molecule has 1 atom stereocenters. The van der Waals surface area contributed by atoms with Gasteiger partial charge in [0.05, 0.1) is 5.75 Å². The summed E-state index contributed by atoms with van der Waals surface area (Å²) in [5.74, 6) is 0.783. The van der Waals surface area contributed by atoms with Crippen molar-refractivity contribution in [3.8, 4) is 0 Å². The SMILES string of the molecule is O=C(NC1CCCCC1)[C@H](Cc1ccccc1)N(Cc1ccc(Br)cc1)C(=O)CSCc1ccccc1Cl. The van der Waals surface area contributed by atoms with E-state index in [-0.39, 0.29) is 23.6 Å². The van der Waals surface area contributed by atoms with Crippen molar-refractivity contribution in [2.45, 2.75) is 62.9 Å². The maximum atomic E-state index is 13.8. The minimum Gasteiger partial charge on any atom is -0.352 e. The Morgan fingerprint density at radius 2 is 1.61 bits per heavy atom. The van der Waals surface area contributed by atoms with Gasteiger partial charge in [0.25, 0.3) is 0 Å². The van der Waals surface area contributed by atoms with Crippen molar-refractivity contribution in [2.75, 3.05) is 5.75 Å². The quantitative estimate of drug-likeness (QED) is 0.245. The van der Waals surface area contributed by atoms with Gasteiger partial charge in [-0.25, -0.2) is 0 Å². The van der Waals surface area contributed by atoms with E-state index >= 15 is 0 Å². The fraction of sp³-hybridized carbons (Fsp3) is 0.355. The lowest BCUT2D eigenvalue weighted by atomic mass is 9.94. The molecule has 2 amide bonds. The van der Waals surface area contributed by atoms with Gasteiger partial charge in [0, 0.05) is 34.3 Å². The van der Waals surface area contributed by atoms with Gasteiger partial charge in [0.1, 0.15) is 6.04 Å². The minimum atomic E-state index is -0.601. The molecule has 7 heteroatoms. The third kappa shape index (κ3) is 8.62. The van der Waals surface area contributed by atoms with Gasteiger partial charge in [0.2, 0.25) is 11.8 Å². The van der Waals surface area contributed by atoms with Gasteiger partial charge in [0.15, 0.2) is 0 Å². The monoisotopic (exact) mass is 612 g/mol. The number of thioether (sulfide) groups is 1. The van der Waals surface area contributed by atoms with Crippen LogP contribution in [0.15, 0.2) is 83.3 Å². The Labute approximate surface area is 243 Å². The van der Waals surface area contributed by atoms with E-state index < -0.39 is 6.04 Å². The standard InChI is InChI=1S/C31H34BrClN2O2S/c32-26-17-15-24(16-18-26)20-35(30(36)22-38-21-25-11-7-8-14-28(25)33)29(19-23-9-3-1-4-10-23)31(37)34-27-12-5-2-6-13-27/h1,3-4,7-11,14-18,27,29H,2,5-6,12-13,19-22H2,(H,34,37)/t29-/m0/s1. The number of carbonyl (C=O) groups excluding carboxylic acids is 2. The number of nitrogens with one attached hydrogen (secondary N) is 1. The van der Waals surface area contributed by atoms with Gasteiger partial charge in [-0.1, -0.05) is 107 Å². The molecule has 0 aliphatic heterocycles. The molecule has 0 radical (unpaired) electrons. The average molecular weight is 614 g/mol. The zero-order valence-electron chi connectivity index (χ0n) is 21.5. The number of benzene rings is 3. The summed E-state index contributed by atoms with van der Waals surface area (Å²) < 4.78 is 0.977. The lowest BCUT2D eigenvalue weighted by molar-refractivity contribution is -0.139. The Morgan fingerprint density at radius 1 is 0.921 bits per heavy atom. The van der Waals surface area contributed by atoms with E-state index in [0.29, 0.717) is 23.7 Å². The van der Waals surface area contributed by atoms with Crippen LogP contribution in [0.1, 0.15) is 48.8 Å². The molecule has 1 aliphatic rings. The molecule has 4 nitrogen and oxygen atoms in total. The lowest BCUT2D eigenvalue weighted by Gasteiger charge is -2.33. The second-order valence-corrected chi connectivity index (χ2v) is 12.1. The molecule has 38 heavy (non-hydrogen) atoms. The summed E-state index contributed by atoms with van der Waals surface area (Å²) in [6.45, 7) is 0.369. The number of hydrogen-bond donors (Lipinski definition) is 1. The Balaban J connectivity index is 1.56. The van der Waals surface area contributed by atoms with Crippen LogP contribution in [0.25, 0.3) is 0 Å². The third-order valence-electron chi connectivity index (χ3n) is 6.93. The molecular weight excluding hydrogens is 580 g/mol. The summed E-state index contributed by atoms with van der Waals surface area (Å²) >= 11 is 11.4. The second-order valence-electron chi connectivity index (χ2n) is 9.78. The highest BCUT2D eigenvalue weighted by Gasteiger charge is 2.31.